The van der Waals surface area contributed by atoms with Crippen LogP contribution in [0.25, 0.3) is 0 Å². The van der Waals surface area contributed by atoms with Crippen LogP contribution in [0, 0.1) is 0 Å². The molecule has 0 saturated heterocycles. The van der Waals surface area contributed by atoms with Crippen LogP contribution in [-0.4, -0.2) is 10.9 Å². The van der Waals surface area contributed by atoms with Crippen molar-refractivity contribution in [3.05, 3.63) is 22.5 Å². The zero-order valence-corrected chi connectivity index (χ0v) is 7.55. The molecule has 0 aliphatic heterocycles. The van der Waals surface area contributed by atoms with Gasteiger partial charge in [-0.2, -0.15) is 0 Å². The number of amides is 1. The average Bonchev–Trinajstić information content (AvgIpc) is 2.08. The van der Waals surface area contributed by atoms with Gasteiger partial charge < -0.3 is 11.5 Å². The van der Waals surface area contributed by atoms with Crippen LogP contribution in [0.15, 0.2) is 6.20 Å². The quantitative estimate of drug-likeness (QED) is 0.791. The van der Waals surface area contributed by atoms with E-state index in [0.717, 1.165) is 6.20 Å². The summed E-state index contributed by atoms with van der Waals surface area (Å²) in [5.74, 6) is -0.914. The Balaban J connectivity index is 3.33. The van der Waals surface area contributed by atoms with E-state index in [1.807, 2.05) is 0 Å². The van der Waals surface area contributed by atoms with Gasteiger partial charge >= 0.3 is 0 Å². The Kier molecular flexibility index (Phi) is 2.85. The molecule has 0 atom stereocenters. The van der Waals surface area contributed by atoms with Crippen LogP contribution in [0.4, 0.5) is 14.5 Å². The van der Waals surface area contributed by atoms with Crippen molar-refractivity contribution in [3.8, 4) is 0 Å². The Bertz CT molecular complexity index is 383. The number of primary amides is 1. The van der Waals surface area contributed by atoms with Crippen molar-refractivity contribution in [2.45, 2.75) is 6.43 Å². The van der Waals surface area contributed by atoms with Crippen LogP contribution in [0.2, 0.25) is 5.02 Å². The van der Waals surface area contributed by atoms with Crippen molar-refractivity contribution in [1.29, 1.82) is 0 Å². The molecule has 4 nitrogen and oxygen atoms in total. The van der Waals surface area contributed by atoms with E-state index in [4.69, 9.17) is 23.1 Å². The topological polar surface area (TPSA) is 82.0 Å². The Morgan fingerprint density at radius 1 is 1.57 bits per heavy atom. The van der Waals surface area contributed by atoms with Gasteiger partial charge in [-0.15, -0.1) is 0 Å². The Morgan fingerprint density at radius 2 is 2.14 bits per heavy atom. The summed E-state index contributed by atoms with van der Waals surface area (Å²) in [5.41, 5.74) is 8.95. The van der Waals surface area contributed by atoms with E-state index in [1.54, 1.807) is 0 Å². The minimum absolute atomic E-state index is 0.312. The molecule has 7 heteroatoms. The smallest absolute Gasteiger partial charge is 0.268 e. The second-order valence-electron chi connectivity index (χ2n) is 2.45. The first-order valence-electron chi connectivity index (χ1n) is 3.47. The van der Waals surface area contributed by atoms with Gasteiger partial charge in [-0.3, -0.25) is 4.79 Å². The Hall–Kier alpha value is -1.43. The number of alkyl halides is 2. The number of aromatic nitrogens is 1. The number of rotatable bonds is 2. The maximum Gasteiger partial charge on any atom is 0.268 e. The molecule has 76 valence electrons. The molecular weight excluding hydrogens is 216 g/mol. The summed E-state index contributed by atoms with van der Waals surface area (Å²) in [6, 6.07) is 0. The van der Waals surface area contributed by atoms with Gasteiger partial charge in [0.25, 0.3) is 12.3 Å². The van der Waals surface area contributed by atoms with Gasteiger partial charge in [-0.25, -0.2) is 13.8 Å². The Labute approximate surface area is 82.9 Å². The zero-order chi connectivity index (χ0) is 10.9. The number of hydrogen-bond donors (Lipinski definition) is 2. The monoisotopic (exact) mass is 221 g/mol. The van der Waals surface area contributed by atoms with Crippen LogP contribution in [0.3, 0.4) is 0 Å². The van der Waals surface area contributed by atoms with Gasteiger partial charge in [0.05, 0.1) is 16.3 Å². The molecule has 0 aromatic carbocycles. The average molecular weight is 222 g/mol. The molecule has 0 aliphatic rings. The highest BCUT2D eigenvalue weighted by Crippen LogP contribution is 2.31. The molecule has 0 spiro atoms. The number of nitrogen functional groups attached to an aromatic ring is 1. The van der Waals surface area contributed by atoms with Crippen LogP contribution in [0.1, 0.15) is 22.5 Å². The highest BCUT2D eigenvalue weighted by molar-refractivity contribution is 6.36. The van der Waals surface area contributed by atoms with E-state index in [1.165, 1.54) is 0 Å². The van der Waals surface area contributed by atoms with Crippen LogP contribution >= 0.6 is 11.6 Å². The number of anilines is 1. The number of halogens is 3. The van der Waals surface area contributed by atoms with Crippen molar-refractivity contribution >= 4 is 23.2 Å². The lowest BCUT2D eigenvalue weighted by Gasteiger charge is -2.07. The van der Waals surface area contributed by atoms with Crippen LogP contribution in [0.5, 0.6) is 0 Å². The fourth-order valence-corrected chi connectivity index (χ4v) is 1.11. The van der Waals surface area contributed by atoms with Crippen molar-refractivity contribution in [3.63, 3.8) is 0 Å². The number of nitrogens with two attached hydrogens (primary N) is 2. The summed E-state index contributed by atoms with van der Waals surface area (Å²) < 4.78 is 24.5. The molecule has 0 fully saturated rings. The first-order valence-corrected chi connectivity index (χ1v) is 3.84. The molecule has 0 unspecified atom stereocenters. The first kappa shape index (κ1) is 10.6. The third-order valence-corrected chi connectivity index (χ3v) is 1.94. The highest BCUT2D eigenvalue weighted by Gasteiger charge is 2.19. The zero-order valence-electron chi connectivity index (χ0n) is 6.80. The molecule has 4 N–H and O–H groups in total. The van der Waals surface area contributed by atoms with Crippen LogP contribution < -0.4 is 11.5 Å². The third kappa shape index (κ3) is 1.74. The molecule has 1 aromatic heterocycles. The SMILES string of the molecule is NC(=O)c1ncc(C(F)F)c(N)c1Cl. The highest BCUT2D eigenvalue weighted by atomic mass is 35.5. The third-order valence-electron chi connectivity index (χ3n) is 1.56. The fraction of sp³-hybridized carbons (Fsp3) is 0.143. The van der Waals surface area contributed by atoms with Gasteiger partial charge in [0.2, 0.25) is 0 Å². The lowest BCUT2D eigenvalue weighted by atomic mass is 10.2. The van der Waals surface area contributed by atoms with Crippen LogP contribution in [-0.2, 0) is 0 Å². The van der Waals surface area contributed by atoms with Crippen molar-refractivity contribution in [2.75, 3.05) is 5.73 Å². The minimum atomic E-state index is -2.79. The predicted molar refractivity (Wildman–Crippen MR) is 47.1 cm³/mol. The maximum absolute atomic E-state index is 12.2. The van der Waals surface area contributed by atoms with Gasteiger partial charge in [-0.05, 0) is 0 Å². The van der Waals surface area contributed by atoms with Gasteiger partial charge in [0, 0.05) is 6.20 Å². The second-order valence-corrected chi connectivity index (χ2v) is 2.83. The molecule has 0 aliphatic carbocycles. The summed E-state index contributed by atoms with van der Waals surface area (Å²) >= 11 is 5.52. The predicted octanol–water partition coefficient (Wildman–Crippen LogP) is 1.35. The number of carbonyl (C=O) groups excluding carboxylic acids is 1. The molecule has 1 aromatic rings. The van der Waals surface area contributed by atoms with Crippen molar-refractivity contribution in [1.82, 2.24) is 4.98 Å². The maximum atomic E-state index is 12.2. The van der Waals surface area contributed by atoms with Gasteiger partial charge in [-0.1, -0.05) is 11.6 Å². The fourth-order valence-electron chi connectivity index (χ4n) is 0.860. The molecule has 0 bridgehead atoms. The van der Waals surface area contributed by atoms with E-state index in [-0.39, 0.29) is 16.4 Å². The number of nitrogens with zero attached hydrogens (tertiary/aromatic N) is 1. The standard InChI is InChI=1S/C7H6ClF2N3O/c8-3-4(11)2(6(9)10)1-13-5(3)7(12)14/h1,6H,(H2,11,13)(H2,12,14). The summed E-state index contributed by atoms with van der Waals surface area (Å²) in [6.07, 6.45) is -2.01. The largest absolute Gasteiger partial charge is 0.397 e. The first-order chi connectivity index (χ1) is 6.45. The molecule has 1 amide bonds. The second kappa shape index (κ2) is 3.75. The number of carbonyl (C=O) groups is 1. The van der Waals surface area contributed by atoms with Crippen molar-refractivity contribution < 1.29 is 13.6 Å². The molecule has 0 radical (unpaired) electrons. The number of pyridine rings is 1. The minimum Gasteiger partial charge on any atom is -0.397 e. The molecule has 0 saturated carbocycles. The summed E-state index contributed by atoms with van der Waals surface area (Å²) in [4.78, 5) is 14.1. The normalized spacial score (nSPS) is 10.6. The molecule has 14 heavy (non-hydrogen) atoms. The Morgan fingerprint density at radius 3 is 2.57 bits per heavy atom. The van der Waals surface area contributed by atoms with E-state index in [9.17, 15) is 13.6 Å². The van der Waals surface area contributed by atoms with Gasteiger partial charge in [0.1, 0.15) is 5.69 Å². The summed E-state index contributed by atoms with van der Waals surface area (Å²) in [6.45, 7) is 0. The van der Waals surface area contributed by atoms with E-state index in [0.29, 0.717) is 0 Å². The molecular formula is C7H6ClF2N3O. The van der Waals surface area contributed by atoms with E-state index >= 15 is 0 Å². The molecule has 1 heterocycles. The molecule has 1 rings (SSSR count). The lowest BCUT2D eigenvalue weighted by molar-refractivity contribution is 0.0995. The van der Waals surface area contributed by atoms with E-state index in [2.05, 4.69) is 4.98 Å². The van der Waals surface area contributed by atoms with Gasteiger partial charge in [0.15, 0.2) is 0 Å². The van der Waals surface area contributed by atoms with E-state index < -0.39 is 17.9 Å². The number of hydrogen-bond acceptors (Lipinski definition) is 3. The van der Waals surface area contributed by atoms with Crippen molar-refractivity contribution in [2.24, 2.45) is 5.73 Å². The lowest BCUT2D eigenvalue weighted by Crippen LogP contribution is -2.15. The summed E-state index contributed by atoms with van der Waals surface area (Å²) in [5, 5.41) is -0.338. The summed E-state index contributed by atoms with van der Waals surface area (Å²) in [7, 11) is 0.